The first-order chi connectivity index (χ1) is 16.1. The molecule has 0 aliphatic carbocycles. The summed E-state index contributed by atoms with van der Waals surface area (Å²) < 4.78 is 79.2. The van der Waals surface area contributed by atoms with Crippen molar-refractivity contribution in [1.29, 1.82) is 0 Å². The average Bonchev–Trinajstić information content (AvgIpc) is 2.80. The van der Waals surface area contributed by atoms with Crippen LogP contribution in [0.15, 0.2) is 49.1 Å². The average molecular weight is 483 g/mol. The molecule has 0 aliphatic heterocycles. The Kier molecular flexibility index (Phi) is 7.79. The summed E-state index contributed by atoms with van der Waals surface area (Å²) in [4.78, 5) is 29.4. The fourth-order valence-corrected chi connectivity index (χ4v) is 3.25. The molecule has 0 spiro atoms. The molecule has 0 aliphatic rings. The van der Waals surface area contributed by atoms with Crippen molar-refractivity contribution in [2.24, 2.45) is 0 Å². The number of benzene rings is 1. The summed E-state index contributed by atoms with van der Waals surface area (Å²) >= 11 is 0. The molecule has 3 aromatic rings. The van der Waals surface area contributed by atoms with Gasteiger partial charge < -0.3 is 4.90 Å². The first-order valence-electron chi connectivity index (χ1n) is 10.1. The summed E-state index contributed by atoms with van der Waals surface area (Å²) in [6, 6.07) is 4.38. The van der Waals surface area contributed by atoms with Crippen molar-refractivity contribution in [1.82, 2.24) is 24.8 Å². The van der Waals surface area contributed by atoms with E-state index in [2.05, 4.69) is 19.9 Å². The number of aryl methyl sites for hydroxylation is 1. The number of hydrogen-bond acceptors (Lipinski definition) is 5. The molecule has 1 atom stereocenters. The van der Waals surface area contributed by atoms with Crippen LogP contribution in [0.25, 0.3) is 11.4 Å². The number of nitrogens with zero attached hydrogens (tertiary/aromatic N) is 5. The van der Waals surface area contributed by atoms with Crippen LogP contribution in [0, 0.1) is 5.82 Å². The largest absolute Gasteiger partial charge is 0.419 e. The Balaban J connectivity index is 1.83. The van der Waals surface area contributed by atoms with Crippen LogP contribution in [0.4, 0.5) is 26.3 Å². The Bertz CT molecular complexity index is 1110. The van der Waals surface area contributed by atoms with Gasteiger partial charge in [0, 0.05) is 37.3 Å². The molecule has 12 heteroatoms. The van der Waals surface area contributed by atoms with Gasteiger partial charge in [0.25, 0.3) is 12.3 Å². The topological polar surface area (TPSA) is 71.9 Å². The number of carbonyl (C=O) groups excluding carboxylic acids is 1. The number of hydrogen-bond donors (Lipinski definition) is 0. The summed E-state index contributed by atoms with van der Waals surface area (Å²) in [5, 5.41) is 0. The van der Waals surface area contributed by atoms with Crippen molar-refractivity contribution < 1.29 is 31.1 Å². The standard InChI is InChI=1S/C22H19F6N5O/c1-13(6-7-18-31-10-14(11-32-18)22(26,27)28)33(12-17(24)25)21(34)15-4-2-5-16(23)19(15)20-29-8-3-9-30-20/h2-5,8-11,13,17H,6-7,12H2,1H3/t13-/m0/s1. The fourth-order valence-electron chi connectivity index (χ4n) is 3.25. The first kappa shape index (κ1) is 25.1. The van der Waals surface area contributed by atoms with E-state index in [4.69, 9.17) is 0 Å². The van der Waals surface area contributed by atoms with Gasteiger partial charge in [0.1, 0.15) is 11.6 Å². The van der Waals surface area contributed by atoms with Crippen LogP contribution in [0.1, 0.15) is 35.1 Å². The molecular formula is C22H19F6N5O. The van der Waals surface area contributed by atoms with Crippen molar-refractivity contribution in [3.63, 3.8) is 0 Å². The van der Waals surface area contributed by atoms with E-state index in [1.807, 2.05) is 0 Å². The summed E-state index contributed by atoms with van der Waals surface area (Å²) in [7, 11) is 0. The number of amides is 1. The number of halogens is 6. The van der Waals surface area contributed by atoms with E-state index >= 15 is 0 Å². The summed E-state index contributed by atoms with van der Waals surface area (Å²) in [5.41, 5.74) is -1.42. The highest BCUT2D eigenvalue weighted by Gasteiger charge is 2.32. The Hall–Kier alpha value is -3.57. The van der Waals surface area contributed by atoms with Crippen LogP contribution in [-0.4, -0.2) is 49.8 Å². The lowest BCUT2D eigenvalue weighted by atomic mass is 10.0. The van der Waals surface area contributed by atoms with Crippen LogP contribution >= 0.6 is 0 Å². The Morgan fingerprint density at radius 2 is 1.68 bits per heavy atom. The van der Waals surface area contributed by atoms with Gasteiger partial charge in [-0.15, -0.1) is 0 Å². The molecule has 0 N–H and O–H groups in total. The van der Waals surface area contributed by atoms with Crippen LogP contribution in [0.3, 0.4) is 0 Å². The second kappa shape index (κ2) is 10.6. The van der Waals surface area contributed by atoms with E-state index in [9.17, 15) is 31.1 Å². The Morgan fingerprint density at radius 1 is 1.03 bits per heavy atom. The second-order valence-electron chi connectivity index (χ2n) is 7.36. The van der Waals surface area contributed by atoms with Gasteiger partial charge >= 0.3 is 6.18 Å². The quantitative estimate of drug-likeness (QED) is 0.430. The molecule has 2 heterocycles. The minimum atomic E-state index is -4.59. The van der Waals surface area contributed by atoms with Gasteiger partial charge in [0.2, 0.25) is 0 Å². The highest BCUT2D eigenvalue weighted by atomic mass is 19.4. The fraction of sp³-hybridized carbons (Fsp3) is 0.318. The van der Waals surface area contributed by atoms with E-state index in [0.717, 1.165) is 11.0 Å². The SMILES string of the molecule is C[C@@H](CCc1ncc(C(F)(F)F)cn1)N(CC(F)F)C(=O)c1cccc(F)c1-c1ncccn1. The van der Waals surface area contributed by atoms with Gasteiger partial charge in [-0.2, -0.15) is 13.2 Å². The minimum Gasteiger partial charge on any atom is -0.330 e. The lowest BCUT2D eigenvalue weighted by Crippen LogP contribution is -2.42. The van der Waals surface area contributed by atoms with Crippen molar-refractivity contribution in [3.8, 4) is 11.4 Å². The summed E-state index contributed by atoms with van der Waals surface area (Å²) in [6.07, 6.45) is -3.38. The normalized spacial score (nSPS) is 12.6. The van der Waals surface area contributed by atoms with Crippen molar-refractivity contribution in [3.05, 3.63) is 71.8 Å². The van der Waals surface area contributed by atoms with Gasteiger partial charge in [-0.05, 0) is 31.5 Å². The monoisotopic (exact) mass is 483 g/mol. The van der Waals surface area contributed by atoms with Gasteiger partial charge in [-0.1, -0.05) is 6.07 Å². The molecule has 1 aromatic carbocycles. The molecule has 3 rings (SSSR count). The molecule has 6 nitrogen and oxygen atoms in total. The predicted molar refractivity (Wildman–Crippen MR) is 109 cm³/mol. The molecule has 34 heavy (non-hydrogen) atoms. The van der Waals surface area contributed by atoms with E-state index < -0.39 is 42.5 Å². The highest BCUT2D eigenvalue weighted by molar-refractivity contribution is 6.00. The third kappa shape index (κ3) is 6.06. The van der Waals surface area contributed by atoms with E-state index in [1.54, 1.807) is 0 Å². The molecule has 0 fully saturated rings. The molecule has 0 saturated carbocycles. The number of carbonyl (C=O) groups is 1. The van der Waals surface area contributed by atoms with Crippen LogP contribution in [0.2, 0.25) is 0 Å². The number of alkyl halides is 5. The lowest BCUT2D eigenvalue weighted by molar-refractivity contribution is -0.138. The van der Waals surface area contributed by atoms with Crippen molar-refractivity contribution in [2.75, 3.05) is 6.54 Å². The van der Waals surface area contributed by atoms with Crippen LogP contribution in [0.5, 0.6) is 0 Å². The van der Waals surface area contributed by atoms with Crippen molar-refractivity contribution >= 4 is 5.91 Å². The van der Waals surface area contributed by atoms with Crippen molar-refractivity contribution in [2.45, 2.75) is 38.4 Å². The first-order valence-corrected chi connectivity index (χ1v) is 10.1. The zero-order valence-corrected chi connectivity index (χ0v) is 17.8. The maximum Gasteiger partial charge on any atom is 0.419 e. The molecule has 0 bridgehead atoms. The van der Waals surface area contributed by atoms with Gasteiger partial charge in [0.15, 0.2) is 5.82 Å². The van der Waals surface area contributed by atoms with E-state index in [0.29, 0.717) is 12.4 Å². The lowest BCUT2D eigenvalue weighted by Gasteiger charge is -2.29. The number of rotatable bonds is 8. The molecule has 0 saturated heterocycles. The van der Waals surface area contributed by atoms with E-state index in [-0.39, 0.29) is 35.6 Å². The van der Waals surface area contributed by atoms with Gasteiger partial charge in [-0.25, -0.2) is 33.1 Å². The molecule has 0 unspecified atom stereocenters. The second-order valence-corrected chi connectivity index (χ2v) is 7.36. The molecule has 180 valence electrons. The van der Waals surface area contributed by atoms with Gasteiger partial charge in [0.05, 0.1) is 23.2 Å². The Labute approximate surface area is 190 Å². The summed E-state index contributed by atoms with van der Waals surface area (Å²) in [5.74, 6) is -1.66. The van der Waals surface area contributed by atoms with E-state index in [1.165, 1.54) is 37.5 Å². The molecule has 0 radical (unpaired) electrons. The minimum absolute atomic E-state index is 0.0319. The molecular weight excluding hydrogens is 464 g/mol. The molecule has 1 amide bonds. The van der Waals surface area contributed by atoms with Gasteiger partial charge in [-0.3, -0.25) is 4.79 Å². The third-order valence-electron chi connectivity index (χ3n) is 4.98. The zero-order valence-electron chi connectivity index (χ0n) is 17.8. The molecule has 2 aromatic heterocycles. The maximum atomic E-state index is 14.6. The predicted octanol–water partition coefficient (Wildman–Crippen LogP) is 4.82. The smallest absolute Gasteiger partial charge is 0.330 e. The maximum absolute atomic E-state index is 14.6. The van der Waals surface area contributed by atoms with Crippen LogP contribution in [-0.2, 0) is 12.6 Å². The summed E-state index contributed by atoms with van der Waals surface area (Å²) in [6.45, 7) is 0.571. The Morgan fingerprint density at radius 3 is 2.26 bits per heavy atom. The van der Waals surface area contributed by atoms with Crippen LogP contribution < -0.4 is 0 Å². The number of aromatic nitrogens is 4. The zero-order chi connectivity index (χ0) is 24.9. The third-order valence-corrected chi connectivity index (χ3v) is 4.98. The highest BCUT2D eigenvalue weighted by Crippen LogP contribution is 2.28.